The van der Waals surface area contributed by atoms with E-state index in [1.165, 1.54) is 10.9 Å². The summed E-state index contributed by atoms with van der Waals surface area (Å²) in [5, 5.41) is 1.17. The number of hydrogen-bond donors (Lipinski definition) is 2. The molecule has 0 saturated heterocycles. The Morgan fingerprint density at radius 1 is 1.47 bits per heavy atom. The van der Waals surface area contributed by atoms with Gasteiger partial charge in [-0.1, -0.05) is 13.0 Å². The number of fused-ring (bicyclic) bond motifs is 1. The molecule has 1 heterocycles. The Morgan fingerprint density at radius 2 is 2.32 bits per heavy atom. The predicted octanol–water partition coefficient (Wildman–Crippen LogP) is 2.69. The van der Waals surface area contributed by atoms with Crippen LogP contribution < -0.4 is 5.48 Å². The first kappa shape index (κ1) is 12.2. The largest absolute Gasteiger partial charge is 0.361 e. The Labute approximate surface area is 112 Å². The van der Waals surface area contributed by atoms with Crippen molar-refractivity contribution in [2.45, 2.75) is 32.8 Å². The Bertz CT molecular complexity index is 599. The fourth-order valence-corrected chi connectivity index (χ4v) is 2.18. The minimum absolute atomic E-state index is 0.00842. The number of rotatable bonds is 5. The van der Waals surface area contributed by atoms with Crippen molar-refractivity contribution in [1.29, 1.82) is 0 Å². The van der Waals surface area contributed by atoms with Crippen molar-refractivity contribution in [1.82, 2.24) is 10.5 Å². The summed E-state index contributed by atoms with van der Waals surface area (Å²) < 4.78 is 0. The van der Waals surface area contributed by atoms with Crippen LogP contribution in [0.4, 0.5) is 0 Å². The Balaban J connectivity index is 1.67. The van der Waals surface area contributed by atoms with Crippen LogP contribution in [0.15, 0.2) is 24.4 Å². The molecule has 4 heteroatoms. The smallest absolute Gasteiger partial charge is 0.246 e. The van der Waals surface area contributed by atoms with Crippen LogP contribution in [0.5, 0.6) is 0 Å². The number of aromatic amines is 1. The first-order chi connectivity index (χ1) is 9.28. The van der Waals surface area contributed by atoms with E-state index in [1.807, 2.05) is 6.20 Å². The van der Waals surface area contributed by atoms with Crippen LogP contribution in [0.3, 0.4) is 0 Å². The van der Waals surface area contributed by atoms with Gasteiger partial charge in [0.1, 0.15) is 6.61 Å². The lowest BCUT2D eigenvalue weighted by atomic mass is 10.1. The summed E-state index contributed by atoms with van der Waals surface area (Å²) in [6, 6.07) is 6.38. The highest BCUT2D eigenvalue weighted by molar-refractivity contribution is 5.84. The molecule has 19 heavy (non-hydrogen) atoms. The summed E-state index contributed by atoms with van der Waals surface area (Å²) in [6.07, 6.45) is 4.93. The maximum absolute atomic E-state index is 11.5. The maximum atomic E-state index is 11.5. The van der Waals surface area contributed by atoms with Gasteiger partial charge in [-0.15, -0.1) is 0 Å². The van der Waals surface area contributed by atoms with Crippen molar-refractivity contribution in [3.8, 4) is 0 Å². The van der Waals surface area contributed by atoms with Crippen molar-refractivity contribution >= 4 is 16.8 Å². The Morgan fingerprint density at radius 3 is 3.05 bits per heavy atom. The van der Waals surface area contributed by atoms with E-state index in [2.05, 4.69) is 35.6 Å². The zero-order chi connectivity index (χ0) is 13.2. The van der Waals surface area contributed by atoms with E-state index in [-0.39, 0.29) is 11.8 Å². The van der Waals surface area contributed by atoms with Crippen molar-refractivity contribution < 1.29 is 9.63 Å². The number of carbonyl (C=O) groups excluding carboxylic acids is 1. The van der Waals surface area contributed by atoms with Gasteiger partial charge in [0.25, 0.3) is 0 Å². The van der Waals surface area contributed by atoms with E-state index in [1.54, 1.807) is 0 Å². The van der Waals surface area contributed by atoms with Gasteiger partial charge in [-0.05, 0) is 37.0 Å². The first-order valence-corrected chi connectivity index (χ1v) is 6.78. The normalized spacial score (nSPS) is 14.8. The predicted molar refractivity (Wildman–Crippen MR) is 73.3 cm³/mol. The molecule has 2 N–H and O–H groups in total. The molecule has 1 saturated carbocycles. The highest BCUT2D eigenvalue weighted by Gasteiger charge is 2.29. The van der Waals surface area contributed by atoms with E-state index in [4.69, 9.17) is 4.84 Å². The molecule has 0 atom stereocenters. The summed E-state index contributed by atoms with van der Waals surface area (Å²) >= 11 is 0. The van der Waals surface area contributed by atoms with Crippen LogP contribution in [0.25, 0.3) is 10.9 Å². The number of H-pyrrole nitrogens is 1. The Hall–Kier alpha value is -1.81. The van der Waals surface area contributed by atoms with Crippen LogP contribution in [0.2, 0.25) is 0 Å². The van der Waals surface area contributed by atoms with Gasteiger partial charge in [-0.25, -0.2) is 5.48 Å². The standard InChI is InChI=1S/C15H18N2O2/c1-2-10-3-6-14-13(7-10)12(8-16-14)9-19-17-15(18)11-4-5-11/h3,6-8,11,16H,2,4-5,9H2,1H3,(H,17,18). The van der Waals surface area contributed by atoms with E-state index in [0.717, 1.165) is 30.3 Å². The summed E-state index contributed by atoms with van der Waals surface area (Å²) in [6.45, 7) is 2.53. The minimum Gasteiger partial charge on any atom is -0.361 e. The van der Waals surface area contributed by atoms with E-state index >= 15 is 0 Å². The van der Waals surface area contributed by atoms with Crippen LogP contribution in [0.1, 0.15) is 30.9 Å². The quantitative estimate of drug-likeness (QED) is 0.810. The topological polar surface area (TPSA) is 54.1 Å². The van der Waals surface area contributed by atoms with Gasteiger partial charge in [0, 0.05) is 28.6 Å². The molecule has 100 valence electrons. The highest BCUT2D eigenvalue weighted by atomic mass is 16.6. The average molecular weight is 258 g/mol. The molecule has 4 nitrogen and oxygen atoms in total. The summed E-state index contributed by atoms with van der Waals surface area (Å²) in [5.74, 6) is 0.184. The number of aromatic nitrogens is 1. The third-order valence-corrected chi connectivity index (χ3v) is 3.59. The number of nitrogens with one attached hydrogen (secondary N) is 2. The maximum Gasteiger partial charge on any atom is 0.246 e. The van der Waals surface area contributed by atoms with Gasteiger partial charge in [0.05, 0.1) is 0 Å². The third-order valence-electron chi connectivity index (χ3n) is 3.59. The molecule has 0 bridgehead atoms. The van der Waals surface area contributed by atoms with Gasteiger partial charge in [0.15, 0.2) is 0 Å². The SMILES string of the molecule is CCc1ccc2[nH]cc(CONC(=O)C3CC3)c2c1. The van der Waals surface area contributed by atoms with Crippen molar-refractivity contribution in [2.75, 3.05) is 0 Å². The van der Waals surface area contributed by atoms with Crippen molar-refractivity contribution in [3.05, 3.63) is 35.5 Å². The molecule has 0 aliphatic heterocycles. The molecule has 2 aromatic rings. The molecule has 1 aliphatic rings. The van der Waals surface area contributed by atoms with Crippen molar-refractivity contribution in [2.24, 2.45) is 5.92 Å². The summed E-state index contributed by atoms with van der Waals surface area (Å²) in [4.78, 5) is 20.0. The van der Waals surface area contributed by atoms with Crippen molar-refractivity contribution in [3.63, 3.8) is 0 Å². The molecule has 1 aromatic heterocycles. The van der Waals surface area contributed by atoms with E-state index < -0.39 is 0 Å². The second-order valence-corrected chi connectivity index (χ2v) is 5.08. The number of hydrogen-bond acceptors (Lipinski definition) is 2. The number of hydroxylamine groups is 1. The van der Waals surface area contributed by atoms with Gasteiger partial charge in [-0.2, -0.15) is 0 Å². The highest BCUT2D eigenvalue weighted by Crippen LogP contribution is 2.28. The summed E-state index contributed by atoms with van der Waals surface area (Å²) in [7, 11) is 0. The van der Waals surface area contributed by atoms with Gasteiger partial charge >= 0.3 is 0 Å². The molecule has 0 spiro atoms. The number of aryl methyl sites for hydroxylation is 1. The number of benzene rings is 1. The van der Waals surface area contributed by atoms with E-state index in [9.17, 15) is 4.79 Å². The number of carbonyl (C=O) groups is 1. The molecular weight excluding hydrogens is 240 g/mol. The molecular formula is C15H18N2O2. The number of amides is 1. The summed E-state index contributed by atoms with van der Waals surface area (Å²) in [5.41, 5.74) is 6.00. The third kappa shape index (κ3) is 2.63. The fourth-order valence-electron chi connectivity index (χ4n) is 2.18. The van der Waals surface area contributed by atoms with Crippen LogP contribution in [0, 0.1) is 5.92 Å². The zero-order valence-corrected chi connectivity index (χ0v) is 11.0. The lowest BCUT2D eigenvalue weighted by Crippen LogP contribution is -2.24. The molecule has 1 aromatic carbocycles. The molecule has 1 amide bonds. The lowest BCUT2D eigenvalue weighted by molar-refractivity contribution is -0.135. The second kappa shape index (κ2) is 5.05. The van der Waals surface area contributed by atoms with Gasteiger partial charge in [0.2, 0.25) is 5.91 Å². The van der Waals surface area contributed by atoms with Gasteiger partial charge in [-0.3, -0.25) is 9.63 Å². The van der Waals surface area contributed by atoms with Crippen LogP contribution in [-0.4, -0.2) is 10.9 Å². The average Bonchev–Trinajstić information content (AvgIpc) is 3.21. The molecule has 0 unspecified atom stereocenters. The van der Waals surface area contributed by atoms with Crippen LogP contribution in [-0.2, 0) is 22.7 Å². The molecule has 3 rings (SSSR count). The fraction of sp³-hybridized carbons (Fsp3) is 0.400. The molecule has 0 radical (unpaired) electrons. The Kier molecular flexibility index (Phi) is 3.25. The zero-order valence-electron chi connectivity index (χ0n) is 11.0. The first-order valence-electron chi connectivity index (χ1n) is 6.78. The molecule has 1 aliphatic carbocycles. The van der Waals surface area contributed by atoms with E-state index in [0.29, 0.717) is 6.61 Å². The second-order valence-electron chi connectivity index (χ2n) is 5.08. The minimum atomic E-state index is 0.00842. The van der Waals surface area contributed by atoms with Gasteiger partial charge < -0.3 is 4.98 Å². The monoisotopic (exact) mass is 258 g/mol. The van der Waals surface area contributed by atoms with Crippen LogP contribution >= 0.6 is 0 Å². The molecule has 1 fully saturated rings. The lowest BCUT2D eigenvalue weighted by Gasteiger charge is -2.04.